The summed E-state index contributed by atoms with van der Waals surface area (Å²) >= 11 is 1.83. The second-order valence-corrected chi connectivity index (χ2v) is 7.40. The summed E-state index contributed by atoms with van der Waals surface area (Å²) in [5, 5.41) is 4.82. The monoisotopic (exact) mass is 295 g/mol. The Morgan fingerprint density at radius 3 is 2.80 bits per heavy atom. The first-order valence-corrected chi connectivity index (χ1v) is 8.84. The van der Waals surface area contributed by atoms with E-state index in [1.165, 1.54) is 54.4 Å². The van der Waals surface area contributed by atoms with Crippen molar-refractivity contribution >= 4 is 11.3 Å². The Morgan fingerprint density at radius 2 is 2.25 bits per heavy atom. The number of unbranched alkanes of at least 4 members (excludes halogenated alkanes) is 1. The molecule has 0 spiro atoms. The molecule has 1 fully saturated rings. The van der Waals surface area contributed by atoms with Crippen LogP contribution < -0.4 is 5.32 Å². The van der Waals surface area contributed by atoms with Crippen LogP contribution in [0.2, 0.25) is 0 Å². The lowest BCUT2D eigenvalue weighted by Gasteiger charge is -2.31. The number of nitrogens with one attached hydrogen (secondary N) is 1. The standard InChI is InChI=1S/C16H29N3S/c1-5-6-10-19(11-15-8-7-9-17-15)12(2)16-13(3)20-14(4)18-16/h12,15,17H,5-11H2,1-4H3. The van der Waals surface area contributed by atoms with E-state index >= 15 is 0 Å². The first-order chi connectivity index (χ1) is 9.61. The van der Waals surface area contributed by atoms with Crippen LogP contribution in [0.25, 0.3) is 0 Å². The number of aromatic nitrogens is 1. The Labute approximate surface area is 127 Å². The minimum Gasteiger partial charge on any atom is -0.313 e. The van der Waals surface area contributed by atoms with Crippen LogP contribution in [0.3, 0.4) is 0 Å². The zero-order chi connectivity index (χ0) is 14.5. The van der Waals surface area contributed by atoms with E-state index in [0.717, 1.165) is 6.54 Å². The maximum atomic E-state index is 4.77. The van der Waals surface area contributed by atoms with Gasteiger partial charge in [-0.2, -0.15) is 0 Å². The van der Waals surface area contributed by atoms with Crippen LogP contribution in [-0.2, 0) is 0 Å². The van der Waals surface area contributed by atoms with Gasteiger partial charge in [0.1, 0.15) is 0 Å². The van der Waals surface area contributed by atoms with Crippen LogP contribution >= 0.6 is 11.3 Å². The molecule has 1 aliphatic rings. The second kappa shape index (κ2) is 7.53. The Bertz CT molecular complexity index is 410. The van der Waals surface area contributed by atoms with Crippen molar-refractivity contribution in [1.29, 1.82) is 0 Å². The molecule has 3 nitrogen and oxygen atoms in total. The van der Waals surface area contributed by atoms with Gasteiger partial charge in [-0.05, 0) is 53.1 Å². The first-order valence-electron chi connectivity index (χ1n) is 8.03. The number of nitrogens with zero attached hydrogens (tertiary/aromatic N) is 2. The van der Waals surface area contributed by atoms with Crippen molar-refractivity contribution in [2.75, 3.05) is 19.6 Å². The first kappa shape index (κ1) is 15.9. The van der Waals surface area contributed by atoms with Crippen LogP contribution in [0.4, 0.5) is 0 Å². The van der Waals surface area contributed by atoms with Crippen molar-refractivity contribution in [3.63, 3.8) is 0 Å². The summed E-state index contributed by atoms with van der Waals surface area (Å²) in [5.41, 5.74) is 1.29. The van der Waals surface area contributed by atoms with Crippen LogP contribution in [0.1, 0.15) is 61.2 Å². The summed E-state index contributed by atoms with van der Waals surface area (Å²) in [6.07, 6.45) is 5.19. The third-order valence-corrected chi connectivity index (χ3v) is 5.20. The minimum absolute atomic E-state index is 0.439. The Kier molecular flexibility index (Phi) is 6.00. The molecule has 0 aromatic carbocycles. The zero-order valence-electron chi connectivity index (χ0n) is 13.4. The molecule has 0 saturated carbocycles. The number of aryl methyl sites for hydroxylation is 2. The molecule has 0 radical (unpaired) electrons. The largest absolute Gasteiger partial charge is 0.313 e. The van der Waals surface area contributed by atoms with Crippen LogP contribution in [0.5, 0.6) is 0 Å². The van der Waals surface area contributed by atoms with Gasteiger partial charge >= 0.3 is 0 Å². The molecule has 0 bridgehead atoms. The molecule has 2 heterocycles. The number of hydrogen-bond acceptors (Lipinski definition) is 4. The molecule has 1 aromatic rings. The molecule has 114 valence electrons. The van der Waals surface area contributed by atoms with Gasteiger partial charge in [0.25, 0.3) is 0 Å². The molecular formula is C16H29N3S. The fourth-order valence-corrected chi connectivity index (χ4v) is 4.01. The highest BCUT2D eigenvalue weighted by Gasteiger charge is 2.24. The van der Waals surface area contributed by atoms with Crippen molar-refractivity contribution in [2.24, 2.45) is 0 Å². The zero-order valence-corrected chi connectivity index (χ0v) is 14.2. The molecule has 20 heavy (non-hydrogen) atoms. The van der Waals surface area contributed by atoms with E-state index in [4.69, 9.17) is 4.98 Å². The third kappa shape index (κ3) is 4.03. The average Bonchev–Trinajstić information content (AvgIpc) is 3.03. The summed E-state index contributed by atoms with van der Waals surface area (Å²) < 4.78 is 0. The summed E-state index contributed by atoms with van der Waals surface area (Å²) in [4.78, 5) is 8.79. The topological polar surface area (TPSA) is 28.2 Å². The van der Waals surface area contributed by atoms with Crippen molar-refractivity contribution < 1.29 is 0 Å². The van der Waals surface area contributed by atoms with Gasteiger partial charge in [-0.25, -0.2) is 4.98 Å². The van der Waals surface area contributed by atoms with E-state index in [2.05, 4.69) is 37.9 Å². The summed E-state index contributed by atoms with van der Waals surface area (Å²) in [6.45, 7) is 12.5. The molecule has 1 aliphatic heterocycles. The Balaban J connectivity index is 2.05. The van der Waals surface area contributed by atoms with Gasteiger partial charge in [-0.3, -0.25) is 4.90 Å². The van der Waals surface area contributed by atoms with Crippen molar-refractivity contribution in [3.05, 3.63) is 15.6 Å². The summed E-state index contributed by atoms with van der Waals surface area (Å²) in [7, 11) is 0. The van der Waals surface area contributed by atoms with Gasteiger partial charge in [0.2, 0.25) is 0 Å². The predicted octanol–water partition coefficient (Wildman–Crippen LogP) is 3.68. The highest BCUT2D eigenvalue weighted by Crippen LogP contribution is 2.27. The van der Waals surface area contributed by atoms with Crippen LogP contribution in [0, 0.1) is 13.8 Å². The van der Waals surface area contributed by atoms with Gasteiger partial charge in [0.15, 0.2) is 0 Å². The van der Waals surface area contributed by atoms with Crippen LogP contribution in [0.15, 0.2) is 0 Å². The van der Waals surface area contributed by atoms with Gasteiger partial charge < -0.3 is 5.32 Å². The molecular weight excluding hydrogens is 266 g/mol. The normalized spacial score (nSPS) is 20.8. The van der Waals surface area contributed by atoms with Crippen molar-refractivity contribution in [2.45, 2.75) is 65.5 Å². The number of hydrogen-bond donors (Lipinski definition) is 1. The molecule has 1 N–H and O–H groups in total. The van der Waals surface area contributed by atoms with E-state index in [1.807, 2.05) is 11.3 Å². The van der Waals surface area contributed by atoms with Gasteiger partial charge in [-0.15, -0.1) is 11.3 Å². The molecule has 0 aliphatic carbocycles. The molecule has 2 atom stereocenters. The molecule has 2 unspecified atom stereocenters. The molecule has 4 heteroatoms. The highest BCUT2D eigenvalue weighted by atomic mass is 32.1. The quantitative estimate of drug-likeness (QED) is 0.832. The number of thiazole rings is 1. The number of rotatable bonds is 7. The summed E-state index contributed by atoms with van der Waals surface area (Å²) in [6, 6.07) is 1.11. The van der Waals surface area contributed by atoms with E-state index in [-0.39, 0.29) is 0 Å². The van der Waals surface area contributed by atoms with Crippen molar-refractivity contribution in [1.82, 2.24) is 15.2 Å². The summed E-state index contributed by atoms with van der Waals surface area (Å²) in [5.74, 6) is 0. The molecule has 1 aromatic heterocycles. The SMILES string of the molecule is CCCCN(CC1CCCN1)C(C)c1nc(C)sc1C. The predicted molar refractivity (Wildman–Crippen MR) is 87.5 cm³/mol. The molecule has 2 rings (SSSR count). The lowest BCUT2D eigenvalue weighted by Crippen LogP contribution is -2.39. The Morgan fingerprint density at radius 1 is 1.45 bits per heavy atom. The minimum atomic E-state index is 0.439. The van der Waals surface area contributed by atoms with Gasteiger partial charge in [-0.1, -0.05) is 13.3 Å². The van der Waals surface area contributed by atoms with Crippen molar-refractivity contribution in [3.8, 4) is 0 Å². The lowest BCUT2D eigenvalue weighted by atomic mass is 10.1. The van der Waals surface area contributed by atoms with E-state index in [1.54, 1.807) is 0 Å². The molecule has 0 amide bonds. The van der Waals surface area contributed by atoms with E-state index in [0.29, 0.717) is 12.1 Å². The fourth-order valence-electron chi connectivity index (χ4n) is 3.11. The fraction of sp³-hybridized carbons (Fsp3) is 0.812. The smallest absolute Gasteiger partial charge is 0.0900 e. The third-order valence-electron chi connectivity index (χ3n) is 4.30. The second-order valence-electron chi connectivity index (χ2n) is 5.99. The maximum Gasteiger partial charge on any atom is 0.0900 e. The van der Waals surface area contributed by atoms with E-state index in [9.17, 15) is 0 Å². The van der Waals surface area contributed by atoms with Crippen LogP contribution in [-0.4, -0.2) is 35.6 Å². The van der Waals surface area contributed by atoms with Gasteiger partial charge in [0, 0.05) is 17.5 Å². The van der Waals surface area contributed by atoms with Gasteiger partial charge in [0.05, 0.1) is 16.7 Å². The van der Waals surface area contributed by atoms with E-state index < -0.39 is 0 Å². The maximum absolute atomic E-state index is 4.77. The average molecular weight is 295 g/mol. The highest BCUT2D eigenvalue weighted by molar-refractivity contribution is 7.11. The molecule has 1 saturated heterocycles. The lowest BCUT2D eigenvalue weighted by molar-refractivity contribution is 0.186. The Hall–Kier alpha value is -0.450.